The van der Waals surface area contributed by atoms with Gasteiger partial charge in [-0.2, -0.15) is 0 Å². The van der Waals surface area contributed by atoms with Gasteiger partial charge >= 0.3 is 0 Å². The number of halogens is 1. The quantitative estimate of drug-likeness (QED) is 0.868. The SMILES string of the molecule is COc1ccc(Cl)c(CCCN)c1OC1CCCC1. The number of benzene rings is 1. The van der Waals surface area contributed by atoms with E-state index in [1.165, 1.54) is 12.8 Å². The van der Waals surface area contributed by atoms with E-state index in [1.807, 2.05) is 12.1 Å². The van der Waals surface area contributed by atoms with Gasteiger partial charge in [-0.1, -0.05) is 11.6 Å². The van der Waals surface area contributed by atoms with Crippen LogP contribution in [0.5, 0.6) is 11.5 Å². The van der Waals surface area contributed by atoms with E-state index in [0.717, 1.165) is 47.8 Å². The average molecular weight is 284 g/mol. The molecule has 4 heteroatoms. The number of methoxy groups -OCH3 is 1. The average Bonchev–Trinajstić information content (AvgIpc) is 2.91. The van der Waals surface area contributed by atoms with Crippen molar-refractivity contribution in [3.8, 4) is 11.5 Å². The fraction of sp³-hybridized carbons (Fsp3) is 0.600. The number of rotatable bonds is 6. The maximum absolute atomic E-state index is 6.30. The fourth-order valence-electron chi connectivity index (χ4n) is 2.56. The van der Waals surface area contributed by atoms with E-state index in [2.05, 4.69) is 0 Å². The summed E-state index contributed by atoms with van der Waals surface area (Å²) in [7, 11) is 1.66. The molecule has 0 radical (unpaired) electrons. The second kappa shape index (κ2) is 7.01. The number of nitrogens with two attached hydrogens (primary N) is 1. The van der Waals surface area contributed by atoms with Crippen LogP contribution in [0.4, 0.5) is 0 Å². The second-order valence-electron chi connectivity index (χ2n) is 4.97. The molecule has 3 nitrogen and oxygen atoms in total. The van der Waals surface area contributed by atoms with Gasteiger partial charge in [-0.25, -0.2) is 0 Å². The van der Waals surface area contributed by atoms with Crippen LogP contribution in [0.15, 0.2) is 12.1 Å². The predicted octanol–water partition coefficient (Wildman–Crippen LogP) is 3.56. The van der Waals surface area contributed by atoms with Gasteiger partial charge in [0.2, 0.25) is 0 Å². The molecule has 1 aliphatic rings. The van der Waals surface area contributed by atoms with Crippen molar-refractivity contribution < 1.29 is 9.47 Å². The largest absolute Gasteiger partial charge is 0.493 e. The van der Waals surface area contributed by atoms with Gasteiger partial charge in [-0.05, 0) is 57.2 Å². The van der Waals surface area contributed by atoms with Gasteiger partial charge in [-0.3, -0.25) is 0 Å². The molecule has 0 spiro atoms. The van der Waals surface area contributed by atoms with Crippen LogP contribution in [-0.4, -0.2) is 19.8 Å². The zero-order chi connectivity index (χ0) is 13.7. The lowest BCUT2D eigenvalue weighted by atomic mass is 10.1. The Morgan fingerprint density at radius 2 is 2.05 bits per heavy atom. The lowest BCUT2D eigenvalue weighted by Crippen LogP contribution is -2.13. The van der Waals surface area contributed by atoms with Gasteiger partial charge in [0, 0.05) is 10.6 Å². The van der Waals surface area contributed by atoms with Crippen LogP contribution in [0.25, 0.3) is 0 Å². The number of hydrogen-bond donors (Lipinski definition) is 1. The van der Waals surface area contributed by atoms with Crippen molar-refractivity contribution in [2.75, 3.05) is 13.7 Å². The molecular weight excluding hydrogens is 262 g/mol. The van der Waals surface area contributed by atoms with Gasteiger partial charge in [0.1, 0.15) is 0 Å². The molecule has 106 valence electrons. The fourth-order valence-corrected chi connectivity index (χ4v) is 2.80. The van der Waals surface area contributed by atoms with Crippen LogP contribution in [-0.2, 0) is 6.42 Å². The summed E-state index contributed by atoms with van der Waals surface area (Å²) in [5.74, 6) is 1.58. The zero-order valence-electron chi connectivity index (χ0n) is 11.5. The van der Waals surface area contributed by atoms with E-state index in [1.54, 1.807) is 7.11 Å². The standard InChI is InChI=1S/C15H22ClNO2/c1-18-14-9-8-13(16)12(7-4-10-17)15(14)19-11-5-2-3-6-11/h8-9,11H,2-7,10,17H2,1H3. The molecule has 1 fully saturated rings. The van der Waals surface area contributed by atoms with E-state index >= 15 is 0 Å². The van der Waals surface area contributed by atoms with E-state index < -0.39 is 0 Å². The van der Waals surface area contributed by atoms with Crippen LogP contribution in [0, 0.1) is 0 Å². The van der Waals surface area contributed by atoms with Gasteiger partial charge in [-0.15, -0.1) is 0 Å². The summed E-state index contributed by atoms with van der Waals surface area (Å²) in [5.41, 5.74) is 6.62. The normalized spacial score (nSPS) is 15.7. The van der Waals surface area contributed by atoms with Crippen LogP contribution < -0.4 is 15.2 Å². The Bertz CT molecular complexity index is 417. The first-order chi connectivity index (χ1) is 9.26. The summed E-state index contributed by atoms with van der Waals surface area (Å²) in [5, 5.41) is 0.738. The Balaban J connectivity index is 2.26. The molecule has 0 amide bonds. The summed E-state index contributed by atoms with van der Waals surface area (Å²) in [6.07, 6.45) is 6.74. The minimum Gasteiger partial charge on any atom is -0.493 e. The van der Waals surface area contributed by atoms with Gasteiger partial charge < -0.3 is 15.2 Å². The molecule has 1 aromatic rings. The molecule has 0 bridgehead atoms. The molecule has 0 aliphatic heterocycles. The first kappa shape index (κ1) is 14.5. The van der Waals surface area contributed by atoms with Crippen molar-refractivity contribution in [2.45, 2.75) is 44.6 Å². The Morgan fingerprint density at radius 1 is 1.32 bits per heavy atom. The molecule has 0 heterocycles. The lowest BCUT2D eigenvalue weighted by molar-refractivity contribution is 0.198. The first-order valence-electron chi connectivity index (χ1n) is 6.98. The Labute approximate surface area is 120 Å². The van der Waals surface area contributed by atoms with E-state index in [4.69, 9.17) is 26.8 Å². The first-order valence-corrected chi connectivity index (χ1v) is 7.36. The van der Waals surface area contributed by atoms with Crippen molar-refractivity contribution in [2.24, 2.45) is 5.73 Å². The molecule has 2 N–H and O–H groups in total. The molecule has 1 aromatic carbocycles. The van der Waals surface area contributed by atoms with Crippen LogP contribution in [0.1, 0.15) is 37.7 Å². The predicted molar refractivity (Wildman–Crippen MR) is 78.3 cm³/mol. The van der Waals surface area contributed by atoms with Crippen molar-refractivity contribution in [3.05, 3.63) is 22.7 Å². The maximum Gasteiger partial charge on any atom is 0.166 e. The van der Waals surface area contributed by atoms with Gasteiger partial charge in [0.15, 0.2) is 11.5 Å². The summed E-state index contributed by atoms with van der Waals surface area (Å²) >= 11 is 6.30. The maximum atomic E-state index is 6.30. The molecule has 2 rings (SSSR count). The van der Waals surface area contributed by atoms with Crippen molar-refractivity contribution in [1.82, 2.24) is 0 Å². The Morgan fingerprint density at radius 3 is 2.68 bits per heavy atom. The van der Waals surface area contributed by atoms with Crippen molar-refractivity contribution in [1.29, 1.82) is 0 Å². The third-order valence-corrected chi connectivity index (χ3v) is 3.96. The van der Waals surface area contributed by atoms with Crippen molar-refractivity contribution in [3.63, 3.8) is 0 Å². The Kier molecular flexibility index (Phi) is 5.34. The summed E-state index contributed by atoms with van der Waals surface area (Å²) in [4.78, 5) is 0. The highest BCUT2D eigenvalue weighted by molar-refractivity contribution is 6.31. The monoisotopic (exact) mass is 283 g/mol. The highest BCUT2D eigenvalue weighted by atomic mass is 35.5. The van der Waals surface area contributed by atoms with Crippen LogP contribution in [0.3, 0.4) is 0 Å². The highest BCUT2D eigenvalue weighted by Crippen LogP contribution is 2.39. The van der Waals surface area contributed by atoms with E-state index in [9.17, 15) is 0 Å². The van der Waals surface area contributed by atoms with E-state index in [-0.39, 0.29) is 0 Å². The minimum absolute atomic E-state index is 0.295. The van der Waals surface area contributed by atoms with Crippen molar-refractivity contribution >= 4 is 11.6 Å². The molecule has 0 atom stereocenters. The molecule has 0 aromatic heterocycles. The Hall–Kier alpha value is -0.930. The number of ether oxygens (including phenoxy) is 2. The van der Waals surface area contributed by atoms with Gasteiger partial charge in [0.25, 0.3) is 0 Å². The molecule has 0 saturated heterocycles. The molecule has 1 saturated carbocycles. The third-order valence-electron chi connectivity index (χ3n) is 3.60. The molecular formula is C15H22ClNO2. The van der Waals surface area contributed by atoms with E-state index in [0.29, 0.717) is 12.6 Å². The minimum atomic E-state index is 0.295. The highest BCUT2D eigenvalue weighted by Gasteiger charge is 2.21. The molecule has 19 heavy (non-hydrogen) atoms. The van der Waals surface area contributed by atoms with Gasteiger partial charge in [0.05, 0.1) is 13.2 Å². The zero-order valence-corrected chi connectivity index (χ0v) is 12.2. The summed E-state index contributed by atoms with van der Waals surface area (Å²) in [6, 6.07) is 3.74. The molecule has 0 unspecified atom stereocenters. The van der Waals surface area contributed by atoms with Crippen LogP contribution >= 0.6 is 11.6 Å². The summed E-state index contributed by atoms with van der Waals surface area (Å²) < 4.78 is 11.6. The lowest BCUT2D eigenvalue weighted by Gasteiger charge is -2.20. The topological polar surface area (TPSA) is 44.5 Å². The number of hydrogen-bond acceptors (Lipinski definition) is 3. The second-order valence-corrected chi connectivity index (χ2v) is 5.38. The smallest absolute Gasteiger partial charge is 0.166 e. The van der Waals surface area contributed by atoms with Crippen LogP contribution in [0.2, 0.25) is 5.02 Å². The summed E-state index contributed by atoms with van der Waals surface area (Å²) in [6.45, 7) is 0.649. The third kappa shape index (κ3) is 3.54. The molecule has 1 aliphatic carbocycles.